The van der Waals surface area contributed by atoms with Crippen molar-refractivity contribution in [3.05, 3.63) is 17.6 Å². The summed E-state index contributed by atoms with van der Waals surface area (Å²) in [6.07, 6.45) is 2.02. The number of carbonyl (C=O) groups is 1. The Morgan fingerprint density at radius 2 is 2.29 bits per heavy atom. The Labute approximate surface area is 100 Å². The number of aryl methyl sites for hydroxylation is 2. The molecule has 0 saturated carbocycles. The maximum atomic E-state index is 11.0. The molecular formula is C11H17N3O3. The molecule has 0 amide bonds. The lowest BCUT2D eigenvalue weighted by molar-refractivity contribution is -0.138. The van der Waals surface area contributed by atoms with Gasteiger partial charge in [-0.1, -0.05) is 0 Å². The third kappa shape index (κ3) is 3.99. The number of aromatic nitrogens is 2. The normalized spacial score (nSPS) is 12.2. The molecular weight excluding hydrogens is 222 g/mol. The van der Waals surface area contributed by atoms with Crippen LogP contribution in [0.1, 0.15) is 17.8 Å². The van der Waals surface area contributed by atoms with E-state index in [0.29, 0.717) is 24.5 Å². The number of carboxylic acid groups (broad SMARTS) is 1. The monoisotopic (exact) mass is 239 g/mol. The third-order valence-corrected chi connectivity index (χ3v) is 2.30. The third-order valence-electron chi connectivity index (χ3n) is 2.30. The largest absolute Gasteiger partial charge is 0.480 e. The van der Waals surface area contributed by atoms with Crippen molar-refractivity contribution < 1.29 is 14.6 Å². The topological polar surface area (TPSA) is 84.3 Å². The van der Waals surface area contributed by atoms with E-state index in [4.69, 9.17) is 9.84 Å². The molecule has 0 saturated heterocycles. The summed E-state index contributed by atoms with van der Waals surface area (Å²) < 4.78 is 4.87. The highest BCUT2D eigenvalue weighted by Crippen LogP contribution is 2.11. The van der Waals surface area contributed by atoms with Crippen LogP contribution in [0.3, 0.4) is 0 Å². The van der Waals surface area contributed by atoms with E-state index in [1.165, 1.54) is 7.11 Å². The van der Waals surface area contributed by atoms with E-state index in [2.05, 4.69) is 15.3 Å². The van der Waals surface area contributed by atoms with Gasteiger partial charge in [-0.25, -0.2) is 9.78 Å². The first kappa shape index (κ1) is 13.4. The molecule has 0 aliphatic rings. The van der Waals surface area contributed by atoms with Crippen LogP contribution in [0.2, 0.25) is 0 Å². The number of nitrogens with zero attached hydrogens (tertiary/aromatic N) is 2. The molecule has 1 rings (SSSR count). The predicted molar refractivity (Wildman–Crippen MR) is 63.0 cm³/mol. The molecule has 17 heavy (non-hydrogen) atoms. The zero-order valence-corrected chi connectivity index (χ0v) is 10.2. The summed E-state index contributed by atoms with van der Waals surface area (Å²) in [4.78, 5) is 19.4. The number of hydrogen-bond acceptors (Lipinski definition) is 5. The molecule has 1 atom stereocenters. The molecule has 2 N–H and O–H groups in total. The number of nitrogens with one attached hydrogen (secondary N) is 1. The summed E-state index contributed by atoms with van der Waals surface area (Å²) in [6, 6.07) is -0.718. The van der Waals surface area contributed by atoms with E-state index in [1.54, 1.807) is 13.1 Å². The van der Waals surface area contributed by atoms with Crippen LogP contribution < -0.4 is 5.32 Å². The van der Waals surface area contributed by atoms with E-state index in [-0.39, 0.29) is 0 Å². The molecule has 0 fully saturated rings. The Hall–Kier alpha value is -1.69. The lowest BCUT2D eigenvalue weighted by Gasteiger charge is -2.15. The first-order valence-corrected chi connectivity index (χ1v) is 5.33. The minimum absolute atomic E-state index is 0.376. The molecule has 6 heteroatoms. The SMILES string of the molecule is COCCC(Nc1nc(C)cnc1C)C(=O)O. The molecule has 1 heterocycles. The highest BCUT2D eigenvalue weighted by Gasteiger charge is 2.18. The summed E-state index contributed by atoms with van der Waals surface area (Å²) >= 11 is 0. The zero-order chi connectivity index (χ0) is 12.8. The van der Waals surface area contributed by atoms with Crippen LogP contribution in [0.4, 0.5) is 5.82 Å². The molecule has 0 aliphatic heterocycles. The molecule has 0 radical (unpaired) electrons. The average molecular weight is 239 g/mol. The summed E-state index contributed by atoms with van der Waals surface area (Å²) in [5, 5.41) is 11.9. The minimum atomic E-state index is -0.926. The lowest BCUT2D eigenvalue weighted by Crippen LogP contribution is -2.31. The number of anilines is 1. The fraction of sp³-hybridized carbons (Fsp3) is 0.545. The van der Waals surface area contributed by atoms with Gasteiger partial charge >= 0.3 is 5.97 Å². The van der Waals surface area contributed by atoms with Crippen molar-refractivity contribution in [1.82, 2.24) is 9.97 Å². The highest BCUT2D eigenvalue weighted by atomic mass is 16.5. The van der Waals surface area contributed by atoms with Crippen LogP contribution >= 0.6 is 0 Å². The van der Waals surface area contributed by atoms with Gasteiger partial charge in [0.05, 0.1) is 11.4 Å². The van der Waals surface area contributed by atoms with Gasteiger partial charge in [0, 0.05) is 26.3 Å². The number of methoxy groups -OCH3 is 1. The van der Waals surface area contributed by atoms with Crippen LogP contribution in [0, 0.1) is 13.8 Å². The number of hydrogen-bond donors (Lipinski definition) is 2. The van der Waals surface area contributed by atoms with Gasteiger partial charge < -0.3 is 15.2 Å². The Bertz CT molecular complexity index is 396. The molecule has 0 aliphatic carbocycles. The number of ether oxygens (including phenoxy) is 1. The molecule has 0 aromatic carbocycles. The Kier molecular flexibility index (Phi) is 4.84. The Morgan fingerprint density at radius 3 is 2.88 bits per heavy atom. The van der Waals surface area contributed by atoms with Gasteiger partial charge in [-0.2, -0.15) is 0 Å². The summed E-state index contributed by atoms with van der Waals surface area (Å²) in [5.41, 5.74) is 1.42. The van der Waals surface area contributed by atoms with Crippen molar-refractivity contribution in [1.29, 1.82) is 0 Å². The number of aliphatic carboxylic acids is 1. The van der Waals surface area contributed by atoms with Gasteiger partial charge in [-0.05, 0) is 13.8 Å². The summed E-state index contributed by atoms with van der Waals surface area (Å²) in [6.45, 7) is 3.97. The Morgan fingerprint density at radius 1 is 1.59 bits per heavy atom. The molecule has 1 aromatic rings. The van der Waals surface area contributed by atoms with Crippen LogP contribution in [0.15, 0.2) is 6.20 Å². The van der Waals surface area contributed by atoms with Crippen LogP contribution in [0.25, 0.3) is 0 Å². The van der Waals surface area contributed by atoms with Gasteiger partial charge in [0.15, 0.2) is 0 Å². The van der Waals surface area contributed by atoms with Gasteiger partial charge in [0.2, 0.25) is 0 Å². The van der Waals surface area contributed by atoms with E-state index in [0.717, 1.165) is 5.69 Å². The first-order valence-electron chi connectivity index (χ1n) is 5.33. The van der Waals surface area contributed by atoms with E-state index in [1.807, 2.05) is 6.92 Å². The smallest absolute Gasteiger partial charge is 0.326 e. The maximum Gasteiger partial charge on any atom is 0.326 e. The standard InChI is InChI=1S/C11H17N3O3/c1-7-6-12-8(2)10(13-7)14-9(11(15)16)4-5-17-3/h6,9H,4-5H2,1-3H3,(H,13,14)(H,15,16). The van der Waals surface area contributed by atoms with Crippen LogP contribution in [-0.2, 0) is 9.53 Å². The van der Waals surface area contributed by atoms with Crippen molar-refractivity contribution in [2.24, 2.45) is 0 Å². The van der Waals surface area contributed by atoms with Crippen molar-refractivity contribution >= 4 is 11.8 Å². The van der Waals surface area contributed by atoms with Crippen molar-refractivity contribution in [2.45, 2.75) is 26.3 Å². The quantitative estimate of drug-likeness (QED) is 0.770. The van der Waals surface area contributed by atoms with Gasteiger partial charge in [-0.15, -0.1) is 0 Å². The number of carboxylic acids is 1. The molecule has 1 unspecified atom stereocenters. The summed E-state index contributed by atoms with van der Waals surface area (Å²) in [7, 11) is 1.54. The van der Waals surface area contributed by atoms with Crippen molar-refractivity contribution in [2.75, 3.05) is 19.0 Å². The first-order chi connectivity index (χ1) is 8.04. The fourth-order valence-electron chi connectivity index (χ4n) is 1.33. The second kappa shape index (κ2) is 6.15. The predicted octanol–water partition coefficient (Wildman–Crippen LogP) is 0.995. The van der Waals surface area contributed by atoms with Crippen LogP contribution in [0.5, 0.6) is 0 Å². The molecule has 0 spiro atoms. The summed E-state index contributed by atoms with van der Waals surface area (Å²) in [5.74, 6) is -0.418. The van der Waals surface area contributed by atoms with Gasteiger partial charge in [0.1, 0.15) is 11.9 Å². The number of rotatable bonds is 6. The molecule has 1 aromatic heterocycles. The lowest BCUT2D eigenvalue weighted by atomic mass is 10.2. The second-order valence-electron chi connectivity index (χ2n) is 3.76. The second-order valence-corrected chi connectivity index (χ2v) is 3.76. The minimum Gasteiger partial charge on any atom is -0.480 e. The van der Waals surface area contributed by atoms with Crippen molar-refractivity contribution in [3.8, 4) is 0 Å². The molecule has 6 nitrogen and oxygen atoms in total. The maximum absolute atomic E-state index is 11.0. The molecule has 94 valence electrons. The van der Waals surface area contributed by atoms with Gasteiger partial charge in [-0.3, -0.25) is 4.98 Å². The highest BCUT2D eigenvalue weighted by molar-refractivity contribution is 5.77. The van der Waals surface area contributed by atoms with E-state index >= 15 is 0 Å². The van der Waals surface area contributed by atoms with E-state index < -0.39 is 12.0 Å². The fourth-order valence-corrected chi connectivity index (χ4v) is 1.33. The zero-order valence-electron chi connectivity index (χ0n) is 10.2. The average Bonchev–Trinajstić information content (AvgIpc) is 2.28. The van der Waals surface area contributed by atoms with Crippen molar-refractivity contribution in [3.63, 3.8) is 0 Å². The van der Waals surface area contributed by atoms with Gasteiger partial charge in [0.25, 0.3) is 0 Å². The molecule has 0 bridgehead atoms. The van der Waals surface area contributed by atoms with Crippen LogP contribution in [-0.4, -0.2) is 40.8 Å². The van der Waals surface area contributed by atoms with E-state index in [9.17, 15) is 4.79 Å². The Balaban J connectivity index is 2.78.